The number of rotatable bonds is 7. The largest absolute Gasteiger partial charge is 0.396 e. The van der Waals surface area contributed by atoms with E-state index in [-0.39, 0.29) is 12.1 Å². The number of aromatic nitrogens is 1. The highest BCUT2D eigenvalue weighted by Gasteiger charge is 2.23. The fourth-order valence-corrected chi connectivity index (χ4v) is 1.78. The van der Waals surface area contributed by atoms with Gasteiger partial charge in [-0.15, -0.1) is 0 Å². The molecule has 96 valence electrons. The Bertz CT molecular complexity index is 336. The average Bonchev–Trinajstić information content (AvgIpc) is 2.29. The van der Waals surface area contributed by atoms with Crippen LogP contribution in [-0.2, 0) is 11.3 Å². The van der Waals surface area contributed by atoms with Gasteiger partial charge in [0, 0.05) is 32.0 Å². The minimum Gasteiger partial charge on any atom is -0.396 e. The predicted molar refractivity (Wildman–Crippen MR) is 67.8 cm³/mol. The van der Waals surface area contributed by atoms with E-state index in [4.69, 9.17) is 9.84 Å². The molecule has 0 fully saturated rings. The lowest BCUT2D eigenvalue weighted by molar-refractivity contribution is 0.0967. The molecule has 4 heteroatoms. The second-order valence-electron chi connectivity index (χ2n) is 4.59. The van der Waals surface area contributed by atoms with Crippen LogP contribution in [0.2, 0.25) is 0 Å². The van der Waals surface area contributed by atoms with Crippen molar-refractivity contribution in [3.63, 3.8) is 0 Å². The highest BCUT2D eigenvalue weighted by molar-refractivity contribution is 5.17. The molecule has 0 aliphatic heterocycles. The molecule has 0 radical (unpaired) electrons. The Labute approximate surface area is 103 Å². The quantitative estimate of drug-likeness (QED) is 0.751. The van der Waals surface area contributed by atoms with Gasteiger partial charge in [0.05, 0.1) is 12.3 Å². The summed E-state index contributed by atoms with van der Waals surface area (Å²) in [6, 6.07) is 3.98. The van der Waals surface area contributed by atoms with Gasteiger partial charge in [0.2, 0.25) is 0 Å². The molecule has 4 nitrogen and oxygen atoms in total. The van der Waals surface area contributed by atoms with Crippen molar-refractivity contribution < 1.29 is 9.84 Å². The summed E-state index contributed by atoms with van der Waals surface area (Å²) in [5.74, 6) is 0. The first-order chi connectivity index (χ1) is 8.11. The minimum absolute atomic E-state index is 0.147. The van der Waals surface area contributed by atoms with Gasteiger partial charge in [-0.2, -0.15) is 0 Å². The summed E-state index contributed by atoms with van der Waals surface area (Å²) in [5, 5.41) is 12.5. The first-order valence-electron chi connectivity index (χ1n) is 5.86. The Morgan fingerprint density at radius 1 is 1.53 bits per heavy atom. The third kappa shape index (κ3) is 4.42. The van der Waals surface area contributed by atoms with E-state index in [2.05, 4.69) is 10.3 Å². The molecule has 0 bridgehead atoms. The van der Waals surface area contributed by atoms with E-state index in [1.54, 1.807) is 13.3 Å². The van der Waals surface area contributed by atoms with Crippen molar-refractivity contribution in [2.45, 2.75) is 32.4 Å². The molecule has 2 N–H and O–H groups in total. The number of methoxy groups -OCH3 is 1. The van der Waals surface area contributed by atoms with Crippen molar-refractivity contribution in [2.75, 3.05) is 20.3 Å². The molecule has 0 amide bonds. The third-order valence-corrected chi connectivity index (χ3v) is 2.93. The van der Waals surface area contributed by atoms with Gasteiger partial charge < -0.3 is 15.2 Å². The number of aryl methyl sites for hydroxylation is 1. The van der Waals surface area contributed by atoms with Crippen LogP contribution < -0.4 is 5.32 Å². The van der Waals surface area contributed by atoms with Crippen molar-refractivity contribution in [3.8, 4) is 0 Å². The van der Waals surface area contributed by atoms with Crippen molar-refractivity contribution >= 4 is 0 Å². The highest BCUT2D eigenvalue weighted by Crippen LogP contribution is 2.12. The fraction of sp³-hybridized carbons (Fsp3) is 0.615. The number of nitrogens with zero attached hydrogens (tertiary/aromatic N) is 1. The topological polar surface area (TPSA) is 54.4 Å². The summed E-state index contributed by atoms with van der Waals surface area (Å²) >= 11 is 0. The maximum Gasteiger partial charge on any atom is 0.0642 e. The molecule has 0 aromatic carbocycles. The zero-order valence-corrected chi connectivity index (χ0v) is 10.9. The van der Waals surface area contributed by atoms with E-state index in [0.29, 0.717) is 19.6 Å². The molecular weight excluding hydrogens is 216 g/mol. The summed E-state index contributed by atoms with van der Waals surface area (Å²) in [7, 11) is 1.67. The molecule has 1 aromatic heterocycles. The number of aliphatic hydroxyl groups is 1. The lowest BCUT2D eigenvalue weighted by Crippen LogP contribution is -2.46. The zero-order valence-electron chi connectivity index (χ0n) is 10.9. The molecule has 0 saturated carbocycles. The summed E-state index contributed by atoms with van der Waals surface area (Å²) < 4.78 is 5.18. The van der Waals surface area contributed by atoms with E-state index in [1.807, 2.05) is 26.0 Å². The lowest BCUT2D eigenvalue weighted by atomic mass is 9.99. The van der Waals surface area contributed by atoms with Crippen molar-refractivity contribution in [2.24, 2.45) is 0 Å². The van der Waals surface area contributed by atoms with E-state index < -0.39 is 0 Å². The Hall–Kier alpha value is -0.970. The number of hydrogen-bond donors (Lipinski definition) is 2. The van der Waals surface area contributed by atoms with Gasteiger partial charge >= 0.3 is 0 Å². The van der Waals surface area contributed by atoms with E-state index in [9.17, 15) is 0 Å². The average molecular weight is 238 g/mol. The van der Waals surface area contributed by atoms with Gasteiger partial charge in [0.25, 0.3) is 0 Å². The van der Waals surface area contributed by atoms with Crippen molar-refractivity contribution in [1.82, 2.24) is 10.3 Å². The summed E-state index contributed by atoms with van der Waals surface area (Å²) in [6.07, 6.45) is 2.45. The van der Waals surface area contributed by atoms with Crippen LogP contribution >= 0.6 is 0 Å². The molecule has 17 heavy (non-hydrogen) atoms. The van der Waals surface area contributed by atoms with Crippen LogP contribution in [0.3, 0.4) is 0 Å². The SMILES string of the molecule is COCC(C)(CCO)NCc1ncccc1C. The van der Waals surface area contributed by atoms with Crippen LogP contribution in [-0.4, -0.2) is 36.0 Å². The highest BCUT2D eigenvalue weighted by atomic mass is 16.5. The maximum absolute atomic E-state index is 9.07. The first kappa shape index (κ1) is 14.1. The molecule has 1 heterocycles. The normalized spacial score (nSPS) is 14.6. The van der Waals surface area contributed by atoms with Crippen LogP contribution in [0.5, 0.6) is 0 Å². The van der Waals surface area contributed by atoms with E-state index in [1.165, 1.54) is 5.56 Å². The second kappa shape index (κ2) is 6.69. The molecule has 1 unspecified atom stereocenters. The molecular formula is C13H22N2O2. The molecule has 1 rings (SSSR count). The van der Waals surface area contributed by atoms with Crippen LogP contribution in [0.1, 0.15) is 24.6 Å². The minimum atomic E-state index is -0.215. The number of aliphatic hydroxyl groups excluding tert-OH is 1. The first-order valence-corrected chi connectivity index (χ1v) is 5.86. The molecule has 1 atom stereocenters. The lowest BCUT2D eigenvalue weighted by Gasteiger charge is -2.29. The predicted octanol–water partition coefficient (Wildman–Crippen LogP) is 1.27. The van der Waals surface area contributed by atoms with Gasteiger partial charge in [-0.25, -0.2) is 0 Å². The van der Waals surface area contributed by atoms with Gasteiger partial charge in [-0.3, -0.25) is 4.98 Å². The second-order valence-corrected chi connectivity index (χ2v) is 4.59. The van der Waals surface area contributed by atoms with Gasteiger partial charge in [-0.05, 0) is 31.9 Å². The molecule has 1 aromatic rings. The summed E-state index contributed by atoms with van der Waals surface area (Å²) in [4.78, 5) is 4.34. The number of nitrogens with one attached hydrogen (secondary N) is 1. The van der Waals surface area contributed by atoms with Crippen LogP contribution in [0.25, 0.3) is 0 Å². The van der Waals surface area contributed by atoms with Gasteiger partial charge in [-0.1, -0.05) is 6.07 Å². The Morgan fingerprint density at radius 3 is 2.88 bits per heavy atom. The standard InChI is InChI=1S/C13H22N2O2/c1-11-5-4-7-14-12(11)9-15-13(2,6-8-16)10-17-3/h4-5,7,15-16H,6,8-10H2,1-3H3. The van der Waals surface area contributed by atoms with Crippen LogP contribution in [0.4, 0.5) is 0 Å². The van der Waals surface area contributed by atoms with Crippen LogP contribution in [0, 0.1) is 6.92 Å². The van der Waals surface area contributed by atoms with Gasteiger partial charge in [0.15, 0.2) is 0 Å². The van der Waals surface area contributed by atoms with Gasteiger partial charge in [0.1, 0.15) is 0 Å². The molecule has 0 saturated heterocycles. The maximum atomic E-state index is 9.07. The monoisotopic (exact) mass is 238 g/mol. The number of pyridine rings is 1. The zero-order chi connectivity index (χ0) is 12.7. The van der Waals surface area contributed by atoms with Crippen molar-refractivity contribution in [3.05, 3.63) is 29.6 Å². The molecule has 0 spiro atoms. The Morgan fingerprint density at radius 2 is 2.29 bits per heavy atom. The Kier molecular flexibility index (Phi) is 5.55. The molecule has 0 aliphatic carbocycles. The number of ether oxygens (including phenoxy) is 1. The summed E-state index contributed by atoms with van der Waals surface area (Å²) in [5.41, 5.74) is 1.99. The van der Waals surface area contributed by atoms with E-state index >= 15 is 0 Å². The third-order valence-electron chi connectivity index (χ3n) is 2.93. The van der Waals surface area contributed by atoms with Crippen LogP contribution in [0.15, 0.2) is 18.3 Å². The Balaban J connectivity index is 2.60. The fourth-order valence-electron chi connectivity index (χ4n) is 1.78. The molecule has 0 aliphatic rings. The van der Waals surface area contributed by atoms with E-state index in [0.717, 1.165) is 5.69 Å². The summed E-state index contributed by atoms with van der Waals surface area (Å²) in [6.45, 7) is 5.49. The van der Waals surface area contributed by atoms with Crippen molar-refractivity contribution in [1.29, 1.82) is 0 Å². The number of hydrogen-bond acceptors (Lipinski definition) is 4. The smallest absolute Gasteiger partial charge is 0.0642 e.